The molecule has 4 heterocycles. The van der Waals surface area contributed by atoms with Crippen molar-refractivity contribution in [2.45, 2.75) is 81.4 Å². The van der Waals surface area contributed by atoms with Gasteiger partial charge in [-0.15, -0.1) is 5.01 Å². The van der Waals surface area contributed by atoms with Crippen molar-refractivity contribution in [3.05, 3.63) is 29.2 Å². The summed E-state index contributed by atoms with van der Waals surface area (Å²) in [7, 11) is -3.75. The Morgan fingerprint density at radius 1 is 0.905 bits per heavy atom. The Kier molecular flexibility index (Phi) is 8.85. The molecule has 1 aromatic carbocycles. The van der Waals surface area contributed by atoms with E-state index in [1.54, 1.807) is 0 Å². The third-order valence-electron chi connectivity index (χ3n) is 9.42. The summed E-state index contributed by atoms with van der Waals surface area (Å²) in [5.74, 6) is -2.22. The van der Waals surface area contributed by atoms with E-state index < -0.39 is 40.1 Å². The summed E-state index contributed by atoms with van der Waals surface area (Å²) < 4.78 is 70.6. The minimum atomic E-state index is -4.83. The molecule has 0 radical (unpaired) electrons. The largest absolute Gasteiger partial charge is 0.460 e. The van der Waals surface area contributed by atoms with E-state index in [0.29, 0.717) is 44.5 Å². The SMILES string of the molecule is CC(=O)Nc1ccc(S(=O)(=O)N2CCC(C3CCN4C(C3)C(C(=O)N3CCCCCC3)C(C(F)(F)F)[N+]4=O)CC2)cc1. The fourth-order valence-electron chi connectivity index (χ4n) is 7.31. The number of halogens is 3. The van der Waals surface area contributed by atoms with Gasteiger partial charge in [-0.25, -0.2) is 8.42 Å². The molecule has 4 saturated heterocycles. The molecule has 2 amide bonds. The molecule has 1 aromatic rings. The average Bonchev–Trinajstić information content (AvgIpc) is 3.08. The zero-order valence-corrected chi connectivity index (χ0v) is 24.6. The molecule has 4 unspecified atom stereocenters. The molecule has 10 nitrogen and oxygen atoms in total. The van der Waals surface area contributed by atoms with E-state index in [9.17, 15) is 36.1 Å². The number of fused-ring (bicyclic) bond motifs is 1. The Labute approximate surface area is 244 Å². The maximum absolute atomic E-state index is 14.2. The van der Waals surface area contributed by atoms with Crippen molar-refractivity contribution in [3.8, 4) is 0 Å². The number of piperidine rings is 2. The van der Waals surface area contributed by atoms with Crippen molar-refractivity contribution in [1.29, 1.82) is 0 Å². The number of nitroso groups, excluding NO2 is 1. The number of hydrogen-bond donors (Lipinski definition) is 1. The second-order valence-electron chi connectivity index (χ2n) is 12.0. The van der Waals surface area contributed by atoms with Crippen molar-refractivity contribution in [1.82, 2.24) is 14.2 Å². The highest BCUT2D eigenvalue weighted by Gasteiger charge is 2.71. The summed E-state index contributed by atoms with van der Waals surface area (Å²) >= 11 is 0. The van der Waals surface area contributed by atoms with Crippen LogP contribution in [0.4, 0.5) is 18.9 Å². The van der Waals surface area contributed by atoms with E-state index in [1.807, 2.05) is 0 Å². The number of nitrogens with zero attached hydrogens (tertiary/aromatic N) is 4. The number of carbonyl (C=O) groups excluding carboxylic acids is 2. The standard InChI is InChI=1S/C28H38F3N5O5S/c1-19(37)32-22-6-8-23(9-7-22)42(40,41)34-15-10-20(11-16-34)21-12-17-35-24(18-21)25(26(36(35)39)28(29,30)31)27(38)33-13-4-2-3-5-14-33/h6-9,20-21,24-26H,2-5,10-18H2,1H3/p+1. The highest BCUT2D eigenvalue weighted by molar-refractivity contribution is 7.89. The van der Waals surface area contributed by atoms with Gasteiger partial charge in [0.2, 0.25) is 21.8 Å². The van der Waals surface area contributed by atoms with Gasteiger partial charge in [-0.3, -0.25) is 9.59 Å². The number of hydrazine groups is 1. The molecule has 1 N–H and O–H groups in total. The first kappa shape index (κ1) is 30.7. The van der Waals surface area contributed by atoms with Crippen molar-refractivity contribution >= 4 is 27.5 Å². The van der Waals surface area contributed by atoms with Crippen molar-refractivity contribution in [2.24, 2.45) is 17.8 Å². The van der Waals surface area contributed by atoms with Crippen LogP contribution in [0, 0.1) is 22.7 Å². The molecule has 42 heavy (non-hydrogen) atoms. The molecule has 14 heteroatoms. The van der Waals surface area contributed by atoms with Crippen molar-refractivity contribution in [3.63, 3.8) is 0 Å². The molecule has 4 atom stereocenters. The van der Waals surface area contributed by atoms with Crippen LogP contribution in [-0.2, 0) is 19.6 Å². The first-order valence-corrected chi connectivity index (χ1v) is 16.3. The first-order valence-electron chi connectivity index (χ1n) is 14.8. The Balaban J connectivity index is 1.27. The zero-order valence-electron chi connectivity index (χ0n) is 23.8. The van der Waals surface area contributed by atoms with E-state index in [0.717, 1.165) is 25.7 Å². The van der Waals surface area contributed by atoms with Crippen LogP contribution in [0.1, 0.15) is 58.3 Å². The predicted octanol–water partition coefficient (Wildman–Crippen LogP) is 3.78. The number of rotatable bonds is 5. The molecule has 4 aliphatic rings. The summed E-state index contributed by atoms with van der Waals surface area (Å²) in [4.78, 5) is 39.5. The lowest BCUT2D eigenvalue weighted by Crippen LogP contribution is -2.50. The van der Waals surface area contributed by atoms with Crippen molar-refractivity contribution in [2.75, 3.05) is 38.0 Å². The zero-order chi connectivity index (χ0) is 30.2. The van der Waals surface area contributed by atoms with Gasteiger partial charge in [0.1, 0.15) is 16.8 Å². The smallest absolute Gasteiger partial charge is 0.342 e. The first-order chi connectivity index (χ1) is 19.9. The molecule has 0 saturated carbocycles. The number of amides is 2. The Morgan fingerprint density at radius 2 is 1.50 bits per heavy atom. The minimum Gasteiger partial charge on any atom is -0.342 e. The molecule has 0 bridgehead atoms. The minimum absolute atomic E-state index is 0.00661. The number of carbonyl (C=O) groups is 2. The van der Waals surface area contributed by atoms with Crippen LogP contribution in [0.25, 0.3) is 0 Å². The van der Waals surface area contributed by atoms with Crippen LogP contribution in [0.15, 0.2) is 29.2 Å². The number of sulfonamides is 1. The number of anilines is 1. The van der Waals surface area contributed by atoms with Gasteiger partial charge in [0.25, 0.3) is 0 Å². The van der Waals surface area contributed by atoms with Crippen molar-refractivity contribution < 1.29 is 36.0 Å². The maximum Gasteiger partial charge on any atom is 0.460 e. The summed E-state index contributed by atoms with van der Waals surface area (Å²) in [5, 5.41) is 3.83. The molecule has 0 aromatic heterocycles. The Morgan fingerprint density at radius 3 is 2.07 bits per heavy atom. The molecule has 4 aliphatic heterocycles. The van der Waals surface area contributed by atoms with Crippen LogP contribution in [-0.4, -0.2) is 90.3 Å². The summed E-state index contributed by atoms with van der Waals surface area (Å²) in [6.45, 7) is 2.90. The van der Waals surface area contributed by atoms with Gasteiger partial charge in [-0.2, -0.15) is 17.5 Å². The van der Waals surface area contributed by atoms with Crippen LogP contribution in [0.3, 0.4) is 0 Å². The lowest BCUT2D eigenvalue weighted by molar-refractivity contribution is -0.735. The molecular formula is C28H39F3N5O5S+. The summed E-state index contributed by atoms with van der Waals surface area (Å²) in [5.41, 5.74) is 0.496. The molecular weight excluding hydrogens is 575 g/mol. The van der Waals surface area contributed by atoms with Gasteiger partial charge in [-0.05, 0) is 74.6 Å². The number of likely N-dealkylation sites (tertiary alicyclic amines) is 1. The highest BCUT2D eigenvalue weighted by Crippen LogP contribution is 2.46. The average molecular weight is 615 g/mol. The second kappa shape index (κ2) is 12.1. The van der Waals surface area contributed by atoms with Gasteiger partial charge in [-0.1, -0.05) is 12.8 Å². The molecule has 4 fully saturated rings. The van der Waals surface area contributed by atoms with E-state index in [2.05, 4.69) is 5.32 Å². The van der Waals surface area contributed by atoms with Gasteiger partial charge < -0.3 is 10.2 Å². The summed E-state index contributed by atoms with van der Waals surface area (Å²) in [6, 6.07) is 2.76. The van der Waals surface area contributed by atoms with E-state index >= 15 is 0 Å². The summed E-state index contributed by atoms with van der Waals surface area (Å²) in [6.07, 6.45) is 0.440. The normalized spacial score (nSPS) is 28.3. The van der Waals surface area contributed by atoms with E-state index in [1.165, 1.54) is 45.4 Å². The quantitative estimate of drug-likeness (QED) is 0.506. The van der Waals surface area contributed by atoms with Crippen LogP contribution in [0.5, 0.6) is 0 Å². The molecule has 0 aliphatic carbocycles. The maximum atomic E-state index is 14.2. The highest BCUT2D eigenvalue weighted by atomic mass is 32.2. The van der Waals surface area contributed by atoms with Gasteiger partial charge in [0.15, 0.2) is 0 Å². The molecule has 232 valence electrons. The van der Waals surface area contributed by atoms with E-state index in [4.69, 9.17) is 0 Å². The van der Waals surface area contributed by atoms with Crippen LogP contribution in [0.2, 0.25) is 0 Å². The fourth-order valence-corrected chi connectivity index (χ4v) is 8.78. The third kappa shape index (κ3) is 6.15. The number of alkyl halides is 3. The van der Waals surface area contributed by atoms with Gasteiger partial charge in [0, 0.05) is 38.8 Å². The topological polar surface area (TPSA) is 110 Å². The Bertz CT molecular complexity index is 1280. The lowest BCUT2D eigenvalue weighted by Gasteiger charge is -2.40. The molecule has 5 rings (SSSR count). The Hall–Kier alpha value is -2.74. The molecule has 0 spiro atoms. The van der Waals surface area contributed by atoms with E-state index in [-0.39, 0.29) is 47.1 Å². The number of benzene rings is 1. The predicted molar refractivity (Wildman–Crippen MR) is 147 cm³/mol. The fraction of sp³-hybridized carbons (Fsp3) is 0.714. The van der Waals surface area contributed by atoms with Gasteiger partial charge >= 0.3 is 12.2 Å². The van der Waals surface area contributed by atoms with Crippen LogP contribution < -0.4 is 5.32 Å². The number of hydrogen-bond acceptors (Lipinski definition) is 5. The monoisotopic (exact) mass is 614 g/mol. The van der Waals surface area contributed by atoms with Crippen LogP contribution >= 0.6 is 0 Å². The van der Waals surface area contributed by atoms with Gasteiger partial charge in [0.05, 0.1) is 16.3 Å². The second-order valence-corrected chi connectivity index (χ2v) is 14.0. The third-order valence-corrected chi connectivity index (χ3v) is 11.3. The number of nitrogens with one attached hydrogen (secondary N) is 1. The lowest BCUT2D eigenvalue weighted by atomic mass is 9.74.